The van der Waals surface area contributed by atoms with Gasteiger partial charge in [-0.25, -0.2) is 0 Å². The average molecular weight is 249 g/mol. The van der Waals surface area contributed by atoms with Gasteiger partial charge in [0, 0.05) is 12.1 Å². The Labute approximate surface area is 107 Å². The van der Waals surface area contributed by atoms with E-state index in [0.717, 1.165) is 25.9 Å². The zero-order valence-corrected chi connectivity index (χ0v) is 10.7. The summed E-state index contributed by atoms with van der Waals surface area (Å²) in [5.41, 5.74) is 0.604. The minimum Gasteiger partial charge on any atom is -0.493 e. The van der Waals surface area contributed by atoms with Crippen LogP contribution < -0.4 is 9.47 Å². The van der Waals surface area contributed by atoms with Crippen molar-refractivity contribution in [2.75, 3.05) is 33.4 Å². The summed E-state index contributed by atoms with van der Waals surface area (Å²) in [5.74, 6) is 1.31. The first-order valence-electron chi connectivity index (χ1n) is 6.32. The predicted octanol–water partition coefficient (Wildman–Crippen LogP) is 1.98. The molecule has 0 radical (unpaired) electrons. The third-order valence-electron chi connectivity index (χ3n) is 3.19. The van der Waals surface area contributed by atoms with Crippen LogP contribution in [0.2, 0.25) is 0 Å². The lowest BCUT2D eigenvalue weighted by molar-refractivity contribution is 0.112. The zero-order chi connectivity index (χ0) is 12.8. The number of likely N-dealkylation sites (tertiary alicyclic amines) is 1. The molecule has 1 fully saturated rings. The molecule has 1 heterocycles. The molecular weight excluding hydrogens is 230 g/mol. The lowest BCUT2D eigenvalue weighted by Gasteiger charge is -2.16. The molecule has 4 heteroatoms. The van der Waals surface area contributed by atoms with E-state index in [1.165, 1.54) is 12.8 Å². The number of benzene rings is 1. The van der Waals surface area contributed by atoms with E-state index in [2.05, 4.69) is 4.90 Å². The molecule has 1 saturated heterocycles. The summed E-state index contributed by atoms with van der Waals surface area (Å²) in [6.07, 6.45) is 3.38. The van der Waals surface area contributed by atoms with E-state index in [-0.39, 0.29) is 0 Å². The lowest BCUT2D eigenvalue weighted by Crippen LogP contribution is -2.25. The monoisotopic (exact) mass is 249 g/mol. The molecule has 1 aliphatic heterocycles. The van der Waals surface area contributed by atoms with Crippen LogP contribution in [-0.2, 0) is 0 Å². The third kappa shape index (κ3) is 3.23. The minimum atomic E-state index is 0.604. The smallest absolute Gasteiger partial charge is 0.161 e. The van der Waals surface area contributed by atoms with Crippen LogP contribution in [0, 0.1) is 0 Å². The van der Waals surface area contributed by atoms with E-state index in [9.17, 15) is 4.79 Å². The van der Waals surface area contributed by atoms with Gasteiger partial charge in [-0.1, -0.05) is 0 Å². The molecule has 0 spiro atoms. The Bertz CT molecular complexity index is 400. The lowest BCUT2D eigenvalue weighted by atomic mass is 10.2. The normalized spacial score (nSPS) is 15.6. The van der Waals surface area contributed by atoms with E-state index < -0.39 is 0 Å². The number of aldehydes is 1. The van der Waals surface area contributed by atoms with Crippen molar-refractivity contribution in [1.29, 1.82) is 0 Å². The van der Waals surface area contributed by atoms with Gasteiger partial charge in [0.2, 0.25) is 0 Å². The molecule has 1 aromatic rings. The summed E-state index contributed by atoms with van der Waals surface area (Å²) in [5, 5.41) is 0. The highest BCUT2D eigenvalue weighted by Crippen LogP contribution is 2.27. The van der Waals surface area contributed by atoms with Crippen molar-refractivity contribution in [2.45, 2.75) is 12.8 Å². The molecule has 0 aliphatic carbocycles. The van der Waals surface area contributed by atoms with Crippen molar-refractivity contribution in [3.63, 3.8) is 0 Å². The van der Waals surface area contributed by atoms with E-state index in [1.54, 1.807) is 25.3 Å². The van der Waals surface area contributed by atoms with Crippen LogP contribution in [0.1, 0.15) is 23.2 Å². The van der Waals surface area contributed by atoms with E-state index in [0.29, 0.717) is 23.7 Å². The second-order valence-corrected chi connectivity index (χ2v) is 4.43. The molecule has 1 aliphatic rings. The number of nitrogens with zero attached hydrogens (tertiary/aromatic N) is 1. The molecule has 0 atom stereocenters. The van der Waals surface area contributed by atoms with Gasteiger partial charge in [-0.3, -0.25) is 9.69 Å². The fraction of sp³-hybridized carbons (Fsp3) is 0.500. The highest BCUT2D eigenvalue weighted by atomic mass is 16.5. The Morgan fingerprint density at radius 3 is 2.72 bits per heavy atom. The maximum Gasteiger partial charge on any atom is 0.161 e. The summed E-state index contributed by atoms with van der Waals surface area (Å²) in [6.45, 7) is 3.87. The average Bonchev–Trinajstić information content (AvgIpc) is 2.92. The number of carbonyl (C=O) groups excluding carboxylic acids is 1. The SMILES string of the molecule is COc1ccc(C=O)cc1OCCN1CCCC1. The van der Waals surface area contributed by atoms with Gasteiger partial charge >= 0.3 is 0 Å². The highest BCUT2D eigenvalue weighted by molar-refractivity contribution is 5.76. The molecule has 0 aromatic heterocycles. The van der Waals surface area contributed by atoms with E-state index in [1.807, 2.05) is 0 Å². The Morgan fingerprint density at radius 1 is 1.28 bits per heavy atom. The topological polar surface area (TPSA) is 38.8 Å². The van der Waals surface area contributed by atoms with Gasteiger partial charge in [-0.2, -0.15) is 0 Å². The Morgan fingerprint density at radius 2 is 2.06 bits per heavy atom. The molecule has 0 saturated carbocycles. The van der Waals surface area contributed by atoms with Crippen molar-refractivity contribution in [2.24, 2.45) is 0 Å². The van der Waals surface area contributed by atoms with Crippen LogP contribution in [-0.4, -0.2) is 44.5 Å². The van der Waals surface area contributed by atoms with Gasteiger partial charge in [0.15, 0.2) is 11.5 Å². The number of hydrogen-bond acceptors (Lipinski definition) is 4. The summed E-state index contributed by atoms with van der Waals surface area (Å²) >= 11 is 0. The summed E-state index contributed by atoms with van der Waals surface area (Å²) in [6, 6.07) is 5.20. The van der Waals surface area contributed by atoms with Crippen LogP contribution >= 0.6 is 0 Å². The Balaban J connectivity index is 1.91. The van der Waals surface area contributed by atoms with Crippen LogP contribution in [0.3, 0.4) is 0 Å². The maximum absolute atomic E-state index is 10.7. The van der Waals surface area contributed by atoms with Crippen molar-refractivity contribution < 1.29 is 14.3 Å². The van der Waals surface area contributed by atoms with E-state index >= 15 is 0 Å². The summed E-state index contributed by atoms with van der Waals surface area (Å²) in [7, 11) is 1.60. The first-order chi connectivity index (χ1) is 8.83. The van der Waals surface area contributed by atoms with Crippen molar-refractivity contribution in [3.05, 3.63) is 23.8 Å². The second kappa shape index (κ2) is 6.40. The minimum absolute atomic E-state index is 0.604. The van der Waals surface area contributed by atoms with Gasteiger partial charge in [-0.05, 0) is 44.1 Å². The van der Waals surface area contributed by atoms with Crippen LogP contribution in [0.25, 0.3) is 0 Å². The fourth-order valence-electron chi connectivity index (χ4n) is 2.17. The number of ether oxygens (including phenoxy) is 2. The maximum atomic E-state index is 10.7. The number of hydrogen-bond donors (Lipinski definition) is 0. The van der Waals surface area contributed by atoms with Gasteiger partial charge in [0.05, 0.1) is 7.11 Å². The van der Waals surface area contributed by atoms with Crippen molar-refractivity contribution in [3.8, 4) is 11.5 Å². The molecule has 98 valence electrons. The molecule has 0 bridgehead atoms. The molecule has 0 N–H and O–H groups in total. The summed E-state index contributed by atoms with van der Waals surface area (Å²) in [4.78, 5) is 13.1. The number of rotatable bonds is 6. The number of carbonyl (C=O) groups is 1. The van der Waals surface area contributed by atoms with Crippen LogP contribution in [0.5, 0.6) is 11.5 Å². The third-order valence-corrected chi connectivity index (χ3v) is 3.19. The second-order valence-electron chi connectivity index (χ2n) is 4.43. The van der Waals surface area contributed by atoms with Gasteiger partial charge < -0.3 is 9.47 Å². The van der Waals surface area contributed by atoms with Gasteiger partial charge in [-0.15, -0.1) is 0 Å². The molecule has 1 aromatic carbocycles. The van der Waals surface area contributed by atoms with E-state index in [4.69, 9.17) is 9.47 Å². The van der Waals surface area contributed by atoms with Crippen LogP contribution in [0.15, 0.2) is 18.2 Å². The Kier molecular flexibility index (Phi) is 4.59. The van der Waals surface area contributed by atoms with Crippen LogP contribution in [0.4, 0.5) is 0 Å². The first kappa shape index (κ1) is 12.9. The molecule has 4 nitrogen and oxygen atoms in total. The highest BCUT2D eigenvalue weighted by Gasteiger charge is 2.11. The standard InChI is InChI=1S/C14H19NO3/c1-17-13-5-4-12(11-16)10-14(13)18-9-8-15-6-2-3-7-15/h4-5,10-11H,2-3,6-9H2,1H3. The molecule has 0 unspecified atom stereocenters. The molecule has 2 rings (SSSR count). The van der Waals surface area contributed by atoms with Gasteiger partial charge in [0.25, 0.3) is 0 Å². The first-order valence-corrected chi connectivity index (χ1v) is 6.32. The Hall–Kier alpha value is -1.55. The molecule has 18 heavy (non-hydrogen) atoms. The van der Waals surface area contributed by atoms with Gasteiger partial charge in [0.1, 0.15) is 12.9 Å². The van der Waals surface area contributed by atoms with Crippen molar-refractivity contribution >= 4 is 6.29 Å². The zero-order valence-electron chi connectivity index (χ0n) is 10.7. The fourth-order valence-corrected chi connectivity index (χ4v) is 2.17. The predicted molar refractivity (Wildman–Crippen MR) is 69.6 cm³/mol. The van der Waals surface area contributed by atoms with Crippen molar-refractivity contribution in [1.82, 2.24) is 4.90 Å². The largest absolute Gasteiger partial charge is 0.493 e. The molecule has 0 amide bonds. The molecular formula is C14H19NO3. The quantitative estimate of drug-likeness (QED) is 0.723. The summed E-state index contributed by atoms with van der Waals surface area (Å²) < 4.78 is 10.9. The number of methoxy groups -OCH3 is 1.